The summed E-state index contributed by atoms with van der Waals surface area (Å²) in [6.07, 6.45) is 0.967. The molecule has 0 heterocycles. The number of carbonyl (C=O) groups is 1. The maximum Gasteiger partial charge on any atom is 0.220 e. The van der Waals surface area contributed by atoms with Gasteiger partial charge in [0.1, 0.15) is 5.75 Å². The lowest BCUT2D eigenvalue weighted by molar-refractivity contribution is -0.121. The van der Waals surface area contributed by atoms with Crippen molar-refractivity contribution in [2.24, 2.45) is 0 Å². The topological polar surface area (TPSA) is 69.6 Å². The minimum atomic E-state index is -0.267. The van der Waals surface area contributed by atoms with Gasteiger partial charge in [-0.3, -0.25) is 4.79 Å². The lowest BCUT2D eigenvalue weighted by atomic mass is 10.1. The molecule has 0 unspecified atom stereocenters. The summed E-state index contributed by atoms with van der Waals surface area (Å²) in [5.41, 5.74) is 0.966. The number of aliphatic hydroxyl groups excluding tert-OH is 1. The van der Waals surface area contributed by atoms with Crippen molar-refractivity contribution in [2.75, 3.05) is 6.61 Å². The van der Waals surface area contributed by atoms with E-state index in [4.69, 9.17) is 10.2 Å². The van der Waals surface area contributed by atoms with Crippen LogP contribution in [-0.2, 0) is 11.2 Å². The Kier molecular flexibility index (Phi) is 4.79. The van der Waals surface area contributed by atoms with Gasteiger partial charge in [0, 0.05) is 6.42 Å². The molecule has 1 rings (SSSR count). The summed E-state index contributed by atoms with van der Waals surface area (Å²) in [7, 11) is 0. The maximum absolute atomic E-state index is 11.2. The van der Waals surface area contributed by atoms with E-state index in [1.165, 1.54) is 0 Å². The Bertz CT molecular complexity index is 335. The first-order chi connectivity index (χ1) is 7.65. The molecule has 0 saturated carbocycles. The van der Waals surface area contributed by atoms with E-state index in [2.05, 4.69) is 5.32 Å². The van der Waals surface area contributed by atoms with Gasteiger partial charge in [-0.05, 0) is 24.1 Å². The molecule has 0 spiro atoms. The Balaban J connectivity index is 2.56. The Morgan fingerprint density at radius 2 is 2.00 bits per heavy atom. The fourth-order valence-corrected chi connectivity index (χ4v) is 1.41. The zero-order valence-corrected chi connectivity index (χ0v) is 9.31. The van der Waals surface area contributed by atoms with Crippen molar-refractivity contribution in [3.8, 4) is 5.75 Å². The minimum absolute atomic E-state index is 0.0715. The van der Waals surface area contributed by atoms with Crippen LogP contribution in [0.3, 0.4) is 0 Å². The fraction of sp³-hybridized carbons (Fsp3) is 0.417. The average Bonchev–Trinajstić information content (AvgIpc) is 2.30. The van der Waals surface area contributed by atoms with E-state index in [-0.39, 0.29) is 24.3 Å². The maximum atomic E-state index is 11.2. The summed E-state index contributed by atoms with van der Waals surface area (Å²) in [6.45, 7) is 1.68. The molecule has 1 atom stereocenters. The molecular formula is C12H17NO3. The second kappa shape index (κ2) is 6.12. The fourth-order valence-electron chi connectivity index (χ4n) is 1.41. The number of hydrogen-bond acceptors (Lipinski definition) is 3. The molecule has 3 N–H and O–H groups in total. The van der Waals surface area contributed by atoms with Crippen LogP contribution in [0.2, 0.25) is 0 Å². The zero-order chi connectivity index (χ0) is 12.0. The van der Waals surface area contributed by atoms with Crippen molar-refractivity contribution in [3.63, 3.8) is 0 Å². The third kappa shape index (κ3) is 3.90. The molecule has 0 bridgehead atoms. The van der Waals surface area contributed by atoms with Gasteiger partial charge < -0.3 is 15.5 Å². The first-order valence-corrected chi connectivity index (χ1v) is 5.33. The summed E-state index contributed by atoms with van der Waals surface area (Å²) in [4.78, 5) is 11.2. The lowest BCUT2D eigenvalue weighted by Crippen LogP contribution is -2.38. The van der Waals surface area contributed by atoms with Gasteiger partial charge in [0.25, 0.3) is 0 Å². The van der Waals surface area contributed by atoms with E-state index in [0.29, 0.717) is 12.8 Å². The minimum Gasteiger partial charge on any atom is -0.508 e. The van der Waals surface area contributed by atoms with Crippen LogP contribution < -0.4 is 5.32 Å². The summed E-state index contributed by atoms with van der Waals surface area (Å²) in [5, 5.41) is 21.0. The molecular weight excluding hydrogens is 206 g/mol. The molecule has 0 aliphatic heterocycles. The Labute approximate surface area is 94.9 Å². The van der Waals surface area contributed by atoms with Crippen LogP contribution in [0.5, 0.6) is 5.75 Å². The van der Waals surface area contributed by atoms with Crippen molar-refractivity contribution in [1.82, 2.24) is 5.32 Å². The largest absolute Gasteiger partial charge is 0.508 e. The number of phenols is 1. The molecule has 0 aliphatic rings. The Morgan fingerprint density at radius 3 is 2.50 bits per heavy atom. The molecule has 16 heavy (non-hydrogen) atoms. The van der Waals surface area contributed by atoms with Crippen LogP contribution in [0.4, 0.5) is 0 Å². The highest BCUT2D eigenvalue weighted by atomic mass is 16.3. The predicted molar refractivity (Wildman–Crippen MR) is 61.1 cm³/mol. The number of nitrogens with one attached hydrogen (secondary N) is 1. The normalized spacial score (nSPS) is 12.1. The van der Waals surface area contributed by atoms with Crippen LogP contribution in [0.1, 0.15) is 18.9 Å². The van der Waals surface area contributed by atoms with Crippen LogP contribution in [-0.4, -0.2) is 28.8 Å². The number of carbonyl (C=O) groups excluding carboxylic acids is 1. The smallest absolute Gasteiger partial charge is 0.220 e. The van der Waals surface area contributed by atoms with Crippen molar-refractivity contribution >= 4 is 5.91 Å². The summed E-state index contributed by atoms with van der Waals surface area (Å²) < 4.78 is 0. The highest BCUT2D eigenvalue weighted by molar-refractivity contribution is 5.75. The van der Waals surface area contributed by atoms with E-state index in [1.807, 2.05) is 0 Å². The van der Waals surface area contributed by atoms with E-state index >= 15 is 0 Å². The van der Waals surface area contributed by atoms with Gasteiger partial charge in [-0.15, -0.1) is 0 Å². The second-order valence-electron chi connectivity index (χ2n) is 3.67. The molecule has 4 nitrogen and oxygen atoms in total. The molecule has 1 amide bonds. The van der Waals surface area contributed by atoms with Gasteiger partial charge in [0.2, 0.25) is 5.91 Å². The highest BCUT2D eigenvalue weighted by Gasteiger charge is 2.10. The highest BCUT2D eigenvalue weighted by Crippen LogP contribution is 2.11. The van der Waals surface area contributed by atoms with E-state index in [9.17, 15) is 4.79 Å². The predicted octanol–water partition coefficient (Wildman–Crippen LogP) is 0.822. The number of hydrogen-bond donors (Lipinski definition) is 3. The van der Waals surface area contributed by atoms with E-state index in [1.54, 1.807) is 31.2 Å². The monoisotopic (exact) mass is 223 g/mol. The number of benzene rings is 1. The van der Waals surface area contributed by atoms with Crippen LogP contribution in [0.25, 0.3) is 0 Å². The van der Waals surface area contributed by atoms with Gasteiger partial charge in [-0.2, -0.15) is 0 Å². The summed E-state index contributed by atoms with van der Waals surface area (Å²) in [6, 6.07) is 6.46. The number of rotatable bonds is 5. The van der Waals surface area contributed by atoms with Crippen LogP contribution in [0.15, 0.2) is 24.3 Å². The number of phenolic OH excluding ortho intramolecular Hbond substituents is 1. The van der Waals surface area contributed by atoms with E-state index in [0.717, 1.165) is 5.56 Å². The first-order valence-electron chi connectivity index (χ1n) is 5.33. The van der Waals surface area contributed by atoms with Crippen molar-refractivity contribution in [2.45, 2.75) is 25.8 Å². The van der Waals surface area contributed by atoms with E-state index < -0.39 is 0 Å². The number of amides is 1. The molecule has 0 fully saturated rings. The van der Waals surface area contributed by atoms with Crippen LogP contribution in [0, 0.1) is 0 Å². The van der Waals surface area contributed by atoms with Crippen molar-refractivity contribution < 1.29 is 15.0 Å². The van der Waals surface area contributed by atoms with Gasteiger partial charge in [-0.25, -0.2) is 0 Å². The molecule has 1 aromatic carbocycles. The Hall–Kier alpha value is -1.55. The van der Waals surface area contributed by atoms with Gasteiger partial charge in [0.15, 0.2) is 0 Å². The van der Waals surface area contributed by atoms with Gasteiger partial charge in [0.05, 0.1) is 12.6 Å². The molecule has 0 aromatic heterocycles. The van der Waals surface area contributed by atoms with Crippen LogP contribution >= 0.6 is 0 Å². The molecule has 1 aromatic rings. The first kappa shape index (κ1) is 12.5. The van der Waals surface area contributed by atoms with Gasteiger partial charge >= 0.3 is 0 Å². The van der Waals surface area contributed by atoms with Crippen molar-refractivity contribution in [1.29, 1.82) is 0 Å². The second-order valence-corrected chi connectivity index (χ2v) is 3.67. The van der Waals surface area contributed by atoms with Crippen molar-refractivity contribution in [3.05, 3.63) is 29.8 Å². The SMILES string of the molecule is CCC(=O)N[C@@H](CO)Cc1ccc(O)cc1. The standard InChI is InChI=1S/C12H17NO3/c1-2-12(16)13-10(8-14)7-9-3-5-11(15)6-4-9/h3-6,10,14-15H,2,7-8H2,1H3,(H,13,16)/t10-/m1/s1. The number of aromatic hydroxyl groups is 1. The average molecular weight is 223 g/mol. The Morgan fingerprint density at radius 1 is 1.38 bits per heavy atom. The summed E-state index contributed by atoms with van der Waals surface area (Å²) >= 11 is 0. The molecule has 4 heteroatoms. The quantitative estimate of drug-likeness (QED) is 0.692. The number of aliphatic hydroxyl groups is 1. The molecule has 0 radical (unpaired) electrons. The third-order valence-electron chi connectivity index (χ3n) is 2.33. The molecule has 0 saturated heterocycles. The summed E-state index contributed by atoms with van der Waals surface area (Å²) in [5.74, 6) is 0.139. The molecule has 0 aliphatic carbocycles. The zero-order valence-electron chi connectivity index (χ0n) is 9.31. The van der Waals surface area contributed by atoms with Gasteiger partial charge in [-0.1, -0.05) is 19.1 Å². The molecule has 88 valence electrons. The lowest BCUT2D eigenvalue weighted by Gasteiger charge is -2.15. The third-order valence-corrected chi connectivity index (χ3v) is 2.33.